The van der Waals surface area contributed by atoms with E-state index in [0.29, 0.717) is 0 Å². The summed E-state index contributed by atoms with van der Waals surface area (Å²) in [7, 11) is 0. The lowest BCUT2D eigenvalue weighted by atomic mass is 10.4. The molecular formula is C4H8N4O3. The molecule has 0 spiro atoms. The molecule has 62 valence electrons. The van der Waals surface area contributed by atoms with Gasteiger partial charge >= 0.3 is 5.97 Å². The molecule has 0 saturated heterocycles. The number of rotatable bonds is 2. The van der Waals surface area contributed by atoms with Gasteiger partial charge in [-0.25, -0.2) is 10.9 Å². The summed E-state index contributed by atoms with van der Waals surface area (Å²) in [5.41, 5.74) is 4.78. The largest absolute Gasteiger partial charge is 0.481 e. The molecule has 0 heterocycles. The number of carbonyl (C=O) groups is 2. The summed E-state index contributed by atoms with van der Waals surface area (Å²) in [6, 6.07) is 0. The lowest BCUT2D eigenvalue weighted by molar-refractivity contribution is -0.142. The van der Waals surface area contributed by atoms with Crippen LogP contribution in [-0.2, 0) is 9.59 Å². The molecule has 7 nitrogen and oxygen atoms in total. The fraction of sp³-hybridized carbons (Fsp3) is 0.250. The third-order valence-electron chi connectivity index (χ3n) is 0.831. The topological polar surface area (TPSA) is 134 Å². The van der Waals surface area contributed by atoms with Crippen molar-refractivity contribution in [2.75, 3.05) is 0 Å². The van der Waals surface area contributed by atoms with Crippen molar-refractivity contribution in [3.05, 3.63) is 0 Å². The molecule has 0 radical (unpaired) electrons. The molecule has 0 aliphatic heterocycles. The number of hydrogen-bond acceptors (Lipinski definition) is 4. The molecule has 0 aromatic carbocycles. The van der Waals surface area contributed by atoms with Crippen LogP contribution in [0.3, 0.4) is 0 Å². The van der Waals surface area contributed by atoms with Crippen molar-refractivity contribution in [3.8, 4) is 0 Å². The number of nitrogens with two attached hydrogens (primary N) is 2. The Morgan fingerprint density at radius 2 is 2.00 bits per heavy atom. The highest BCUT2D eigenvalue weighted by atomic mass is 16.4. The molecular weight excluding hydrogens is 152 g/mol. The number of hydrazine groups is 1. The Morgan fingerprint density at radius 3 is 2.27 bits per heavy atom. The first-order valence-electron chi connectivity index (χ1n) is 2.58. The van der Waals surface area contributed by atoms with Gasteiger partial charge in [0.25, 0.3) is 5.91 Å². The summed E-state index contributed by atoms with van der Waals surface area (Å²) in [6.07, 6.45) is -0.768. The van der Waals surface area contributed by atoms with Crippen LogP contribution in [0.25, 0.3) is 0 Å². The van der Waals surface area contributed by atoms with Crippen LogP contribution in [-0.4, -0.2) is 28.0 Å². The van der Waals surface area contributed by atoms with E-state index >= 15 is 0 Å². The molecule has 0 unspecified atom stereocenters. The van der Waals surface area contributed by atoms with E-state index in [-0.39, 0.29) is 5.01 Å². The Balaban J connectivity index is 4.04. The highest BCUT2D eigenvalue weighted by Crippen LogP contribution is 1.85. The van der Waals surface area contributed by atoms with E-state index in [4.69, 9.17) is 22.1 Å². The number of guanidine groups is 1. The second-order valence-electron chi connectivity index (χ2n) is 1.72. The second-order valence-corrected chi connectivity index (χ2v) is 1.72. The van der Waals surface area contributed by atoms with Crippen molar-refractivity contribution < 1.29 is 14.7 Å². The number of nitrogens with zero attached hydrogens (tertiary/aromatic N) is 1. The monoisotopic (exact) mass is 160 g/mol. The molecule has 0 saturated carbocycles. The summed E-state index contributed by atoms with van der Waals surface area (Å²) in [5, 5.41) is 15.0. The summed E-state index contributed by atoms with van der Waals surface area (Å²) in [6.45, 7) is 0. The number of amides is 1. The molecule has 0 atom stereocenters. The van der Waals surface area contributed by atoms with Gasteiger partial charge < -0.3 is 10.8 Å². The van der Waals surface area contributed by atoms with E-state index in [9.17, 15) is 9.59 Å². The fourth-order valence-electron chi connectivity index (χ4n) is 0.349. The lowest BCUT2D eigenvalue weighted by Crippen LogP contribution is -2.46. The number of carboxylic acids is 1. The Hall–Kier alpha value is -1.63. The van der Waals surface area contributed by atoms with Crippen LogP contribution in [0, 0.1) is 5.41 Å². The average molecular weight is 160 g/mol. The second kappa shape index (κ2) is 3.52. The molecule has 0 fully saturated rings. The maximum Gasteiger partial charge on any atom is 0.312 e. The quantitative estimate of drug-likeness (QED) is 0.0930. The molecule has 6 N–H and O–H groups in total. The maximum atomic E-state index is 10.6. The predicted octanol–water partition coefficient (Wildman–Crippen LogP) is -1.94. The van der Waals surface area contributed by atoms with Crippen LogP contribution in [0.15, 0.2) is 0 Å². The Bertz CT molecular complexity index is 202. The molecule has 0 aliphatic rings. The minimum Gasteiger partial charge on any atom is -0.481 e. The molecule has 0 bridgehead atoms. The first kappa shape index (κ1) is 9.37. The third-order valence-corrected chi connectivity index (χ3v) is 0.831. The molecule has 0 aliphatic carbocycles. The summed E-state index contributed by atoms with van der Waals surface area (Å²) in [4.78, 5) is 20.5. The molecule has 0 aromatic rings. The highest BCUT2D eigenvalue weighted by molar-refractivity contribution is 6.01. The SMILES string of the molecule is N=C(N)N(N)C(=O)CC(=O)O. The molecule has 7 heteroatoms. The van der Waals surface area contributed by atoms with E-state index in [1.165, 1.54) is 0 Å². The molecule has 11 heavy (non-hydrogen) atoms. The van der Waals surface area contributed by atoms with Crippen molar-refractivity contribution in [2.24, 2.45) is 11.6 Å². The minimum absolute atomic E-state index is 0.272. The number of carbonyl (C=O) groups excluding carboxylic acids is 1. The number of hydrogen-bond donors (Lipinski definition) is 4. The van der Waals surface area contributed by atoms with Crippen LogP contribution in [0.2, 0.25) is 0 Å². The number of aliphatic carboxylic acids is 1. The maximum absolute atomic E-state index is 10.6. The van der Waals surface area contributed by atoms with Gasteiger partial charge in [-0.15, -0.1) is 0 Å². The molecule has 0 aromatic heterocycles. The van der Waals surface area contributed by atoms with E-state index < -0.39 is 24.3 Å². The van der Waals surface area contributed by atoms with Gasteiger partial charge in [0, 0.05) is 0 Å². The van der Waals surface area contributed by atoms with Crippen molar-refractivity contribution in [2.45, 2.75) is 6.42 Å². The first-order valence-corrected chi connectivity index (χ1v) is 2.58. The normalized spacial score (nSPS) is 8.82. The van der Waals surface area contributed by atoms with Crippen molar-refractivity contribution >= 4 is 17.8 Å². The molecule has 0 rings (SSSR count). The first-order chi connectivity index (χ1) is 4.95. The summed E-state index contributed by atoms with van der Waals surface area (Å²) in [5.74, 6) is 1.96. The number of nitrogens with one attached hydrogen (secondary N) is 1. The van der Waals surface area contributed by atoms with Crippen molar-refractivity contribution in [3.63, 3.8) is 0 Å². The van der Waals surface area contributed by atoms with Crippen LogP contribution in [0.4, 0.5) is 0 Å². The standard InChI is InChI=1S/C4H8N4O3/c5-4(6)8(7)2(9)1-3(10)11/h1,7H2,(H3,5,6)(H,10,11). The Morgan fingerprint density at radius 1 is 1.55 bits per heavy atom. The Kier molecular flexibility index (Phi) is 3.00. The van der Waals surface area contributed by atoms with Gasteiger partial charge in [-0.1, -0.05) is 0 Å². The van der Waals surface area contributed by atoms with Crippen molar-refractivity contribution in [1.82, 2.24) is 5.01 Å². The van der Waals surface area contributed by atoms with Gasteiger partial charge in [0.15, 0.2) is 0 Å². The van der Waals surface area contributed by atoms with Gasteiger partial charge in [0.2, 0.25) is 5.96 Å². The van der Waals surface area contributed by atoms with Gasteiger partial charge in [0.05, 0.1) is 0 Å². The zero-order valence-corrected chi connectivity index (χ0v) is 5.57. The van der Waals surface area contributed by atoms with Gasteiger partial charge in [-0.05, 0) is 0 Å². The number of carboxylic acid groups (broad SMARTS) is 1. The van der Waals surface area contributed by atoms with E-state index in [1.54, 1.807) is 0 Å². The fourth-order valence-corrected chi connectivity index (χ4v) is 0.349. The van der Waals surface area contributed by atoms with Crippen LogP contribution in [0.5, 0.6) is 0 Å². The lowest BCUT2D eigenvalue weighted by Gasteiger charge is -2.11. The van der Waals surface area contributed by atoms with Gasteiger partial charge in [0.1, 0.15) is 6.42 Å². The average Bonchev–Trinajstić information content (AvgIpc) is 1.84. The third kappa shape index (κ3) is 3.16. The van der Waals surface area contributed by atoms with Crippen LogP contribution < -0.4 is 11.6 Å². The smallest absolute Gasteiger partial charge is 0.312 e. The van der Waals surface area contributed by atoms with Crippen molar-refractivity contribution in [1.29, 1.82) is 5.41 Å². The minimum atomic E-state index is -1.31. The predicted molar refractivity (Wildman–Crippen MR) is 35.2 cm³/mol. The molecule has 1 amide bonds. The Labute approximate surface area is 62.0 Å². The highest BCUT2D eigenvalue weighted by Gasteiger charge is 2.14. The van der Waals surface area contributed by atoms with E-state index in [0.717, 1.165) is 0 Å². The van der Waals surface area contributed by atoms with E-state index in [1.807, 2.05) is 0 Å². The summed E-state index contributed by atoms with van der Waals surface area (Å²) >= 11 is 0. The van der Waals surface area contributed by atoms with Gasteiger partial charge in [-0.2, -0.15) is 0 Å². The van der Waals surface area contributed by atoms with E-state index in [2.05, 4.69) is 0 Å². The van der Waals surface area contributed by atoms with Crippen LogP contribution in [0.1, 0.15) is 6.42 Å². The van der Waals surface area contributed by atoms with Crippen LogP contribution >= 0.6 is 0 Å². The summed E-state index contributed by atoms with van der Waals surface area (Å²) < 4.78 is 0. The zero-order valence-electron chi connectivity index (χ0n) is 5.57. The van der Waals surface area contributed by atoms with Gasteiger partial charge in [-0.3, -0.25) is 15.0 Å². The zero-order chi connectivity index (χ0) is 9.02.